The molecule has 0 aromatic rings. The summed E-state index contributed by atoms with van der Waals surface area (Å²) < 4.78 is 0. The topological polar surface area (TPSA) is 107 Å². The van der Waals surface area contributed by atoms with Crippen molar-refractivity contribution in [1.29, 1.82) is 0 Å². The average molecular weight is 438 g/mol. The number of rotatable bonds is 7. The van der Waals surface area contributed by atoms with E-state index in [2.05, 4.69) is 5.32 Å². The first kappa shape index (κ1) is 26.7. The van der Waals surface area contributed by atoms with E-state index in [0.29, 0.717) is 13.0 Å². The number of carbonyl (C=O) groups excluding carboxylic acids is 3. The Balaban J connectivity index is 3.16. The zero-order valence-electron chi connectivity index (χ0n) is 20.2. The van der Waals surface area contributed by atoms with Gasteiger partial charge in [0.15, 0.2) is 0 Å². The van der Waals surface area contributed by atoms with E-state index < -0.39 is 29.5 Å². The molecule has 1 aliphatic heterocycles. The second-order valence-corrected chi connectivity index (χ2v) is 9.87. The van der Waals surface area contributed by atoms with E-state index >= 15 is 0 Å². The lowest BCUT2D eigenvalue weighted by Crippen LogP contribution is -2.60. The molecule has 8 heteroatoms. The van der Waals surface area contributed by atoms with Crippen molar-refractivity contribution < 1.29 is 24.3 Å². The Morgan fingerprint density at radius 3 is 2.16 bits per heavy atom. The highest BCUT2D eigenvalue weighted by Gasteiger charge is 2.39. The van der Waals surface area contributed by atoms with Crippen LogP contribution in [0.5, 0.6) is 0 Å². The molecule has 31 heavy (non-hydrogen) atoms. The van der Waals surface area contributed by atoms with Crippen molar-refractivity contribution in [3.05, 3.63) is 11.6 Å². The van der Waals surface area contributed by atoms with Crippen molar-refractivity contribution in [1.82, 2.24) is 15.1 Å². The summed E-state index contributed by atoms with van der Waals surface area (Å²) in [6, 6.07) is -1.83. The van der Waals surface area contributed by atoms with Crippen LogP contribution in [0.25, 0.3) is 0 Å². The monoisotopic (exact) mass is 437 g/mol. The number of nitrogens with zero attached hydrogens (tertiary/aromatic N) is 2. The molecule has 0 bridgehead atoms. The second-order valence-electron chi connectivity index (χ2n) is 9.87. The number of aliphatic carboxylic acids is 1. The zero-order valence-corrected chi connectivity index (χ0v) is 20.2. The van der Waals surface area contributed by atoms with Crippen molar-refractivity contribution in [3.63, 3.8) is 0 Å². The summed E-state index contributed by atoms with van der Waals surface area (Å²) in [5.41, 5.74) is -0.418. The predicted octanol–water partition coefficient (Wildman–Crippen LogP) is 2.43. The molecular formula is C23H39N3O5. The number of carbonyl (C=O) groups is 4. The molecule has 0 aromatic carbocycles. The van der Waals surface area contributed by atoms with Crippen LogP contribution in [0.4, 0.5) is 0 Å². The molecule has 3 unspecified atom stereocenters. The molecule has 1 saturated heterocycles. The number of nitrogens with one attached hydrogen (secondary N) is 1. The van der Waals surface area contributed by atoms with Crippen molar-refractivity contribution in [2.45, 2.75) is 85.9 Å². The van der Waals surface area contributed by atoms with Crippen LogP contribution in [0.15, 0.2) is 11.6 Å². The molecule has 2 N–H and O–H groups in total. The van der Waals surface area contributed by atoms with Crippen LogP contribution < -0.4 is 5.32 Å². The number of likely N-dealkylation sites (N-methyl/N-ethyl adjacent to an activating group) is 1. The highest BCUT2D eigenvalue weighted by Crippen LogP contribution is 2.25. The first-order chi connectivity index (χ1) is 14.2. The summed E-state index contributed by atoms with van der Waals surface area (Å²) in [5, 5.41) is 12.1. The summed E-state index contributed by atoms with van der Waals surface area (Å²) in [7, 11) is 1.63. The van der Waals surface area contributed by atoms with Gasteiger partial charge in [-0.15, -0.1) is 0 Å². The minimum absolute atomic E-state index is 0.0221. The van der Waals surface area contributed by atoms with Crippen LogP contribution in [0.2, 0.25) is 0 Å². The van der Waals surface area contributed by atoms with Crippen LogP contribution >= 0.6 is 0 Å². The molecule has 176 valence electrons. The third kappa shape index (κ3) is 7.08. The van der Waals surface area contributed by atoms with E-state index in [-0.39, 0.29) is 29.2 Å². The highest BCUT2D eigenvalue weighted by molar-refractivity contribution is 5.92. The molecule has 1 heterocycles. The van der Waals surface area contributed by atoms with E-state index in [1.165, 1.54) is 18.7 Å². The van der Waals surface area contributed by atoms with E-state index in [9.17, 15) is 24.3 Å². The maximum Gasteiger partial charge on any atom is 0.331 e. The van der Waals surface area contributed by atoms with Gasteiger partial charge in [0.25, 0.3) is 0 Å². The molecule has 0 saturated carbocycles. The SMILES string of the molecule is CC(=O)N1CCCCC1C(=O)NC(C(=O)N(C)C(/C=C(\C)C(=O)O)C(C)C)C(C)(C)C. The van der Waals surface area contributed by atoms with Gasteiger partial charge >= 0.3 is 5.97 Å². The summed E-state index contributed by atoms with van der Waals surface area (Å²) >= 11 is 0. The van der Waals surface area contributed by atoms with Crippen molar-refractivity contribution in [2.24, 2.45) is 11.3 Å². The zero-order chi connectivity index (χ0) is 24.1. The first-order valence-electron chi connectivity index (χ1n) is 10.9. The van der Waals surface area contributed by atoms with Gasteiger partial charge in [0.2, 0.25) is 17.7 Å². The number of carboxylic acid groups (broad SMARTS) is 1. The van der Waals surface area contributed by atoms with Gasteiger partial charge in [-0.3, -0.25) is 14.4 Å². The molecule has 0 spiro atoms. The second kappa shape index (κ2) is 10.8. The van der Waals surface area contributed by atoms with E-state index in [4.69, 9.17) is 0 Å². The molecule has 0 aromatic heterocycles. The summed E-state index contributed by atoms with van der Waals surface area (Å²) in [4.78, 5) is 52.9. The standard InChI is InChI=1S/C23H39N3O5/c1-14(2)18(13-15(3)22(30)31)25(8)21(29)19(23(5,6)7)24-20(28)17-11-9-10-12-26(17)16(4)27/h13-14,17-19H,9-12H2,1-8H3,(H,24,28)(H,30,31)/b15-13+. The molecule has 1 aliphatic rings. The minimum atomic E-state index is -1.03. The van der Waals surface area contributed by atoms with Gasteiger partial charge in [0.05, 0.1) is 6.04 Å². The Kier molecular flexibility index (Phi) is 9.26. The largest absolute Gasteiger partial charge is 0.478 e. The number of likely N-dealkylation sites (tertiary alicyclic amines) is 1. The highest BCUT2D eigenvalue weighted by atomic mass is 16.4. The third-order valence-electron chi connectivity index (χ3n) is 5.85. The van der Waals surface area contributed by atoms with Crippen molar-refractivity contribution in [2.75, 3.05) is 13.6 Å². The Morgan fingerprint density at radius 2 is 1.71 bits per heavy atom. The lowest BCUT2D eigenvalue weighted by atomic mass is 9.84. The van der Waals surface area contributed by atoms with Crippen molar-refractivity contribution in [3.8, 4) is 0 Å². The van der Waals surface area contributed by atoms with Crippen molar-refractivity contribution >= 4 is 23.7 Å². The molecular weight excluding hydrogens is 398 g/mol. The number of hydrogen-bond donors (Lipinski definition) is 2. The maximum atomic E-state index is 13.5. The number of amides is 3. The summed E-state index contributed by atoms with van der Waals surface area (Å²) in [6.07, 6.45) is 3.86. The van der Waals surface area contributed by atoms with Gasteiger partial charge in [-0.25, -0.2) is 4.79 Å². The van der Waals surface area contributed by atoms with Crippen LogP contribution in [0.3, 0.4) is 0 Å². The summed E-state index contributed by atoms with van der Waals surface area (Å²) in [6.45, 7) is 12.9. The van der Waals surface area contributed by atoms with Gasteiger partial charge < -0.3 is 20.2 Å². The van der Waals surface area contributed by atoms with Crippen LogP contribution in [-0.4, -0.2) is 70.3 Å². The molecule has 3 amide bonds. The van der Waals surface area contributed by atoms with E-state index in [1.807, 2.05) is 34.6 Å². The maximum absolute atomic E-state index is 13.5. The van der Waals surface area contributed by atoms with E-state index in [0.717, 1.165) is 12.8 Å². The summed E-state index contributed by atoms with van der Waals surface area (Å²) in [5.74, 6) is -1.82. The van der Waals surface area contributed by atoms with Crippen LogP contribution in [0.1, 0.15) is 67.7 Å². The van der Waals surface area contributed by atoms with E-state index in [1.54, 1.807) is 18.0 Å². The minimum Gasteiger partial charge on any atom is -0.478 e. The average Bonchev–Trinajstić information content (AvgIpc) is 2.67. The fourth-order valence-electron chi connectivity index (χ4n) is 3.90. The first-order valence-corrected chi connectivity index (χ1v) is 10.9. The van der Waals surface area contributed by atoms with Gasteiger partial charge in [0.1, 0.15) is 12.1 Å². The van der Waals surface area contributed by atoms with Gasteiger partial charge in [0, 0.05) is 26.1 Å². The molecule has 3 atom stereocenters. The normalized spacial score (nSPS) is 19.6. The van der Waals surface area contributed by atoms with Gasteiger partial charge in [-0.05, 0) is 37.5 Å². The Morgan fingerprint density at radius 1 is 1.13 bits per heavy atom. The predicted molar refractivity (Wildman–Crippen MR) is 119 cm³/mol. The van der Waals surface area contributed by atoms with Crippen LogP contribution in [-0.2, 0) is 19.2 Å². The Hall–Kier alpha value is -2.38. The fourth-order valence-corrected chi connectivity index (χ4v) is 3.90. The fraction of sp³-hybridized carbons (Fsp3) is 0.739. The number of carboxylic acids is 1. The smallest absolute Gasteiger partial charge is 0.331 e. The number of hydrogen-bond acceptors (Lipinski definition) is 4. The van der Waals surface area contributed by atoms with Gasteiger partial charge in [-0.1, -0.05) is 40.7 Å². The number of piperidine rings is 1. The van der Waals surface area contributed by atoms with Gasteiger partial charge in [-0.2, -0.15) is 0 Å². The third-order valence-corrected chi connectivity index (χ3v) is 5.85. The van der Waals surface area contributed by atoms with Crippen LogP contribution in [0, 0.1) is 11.3 Å². The Labute approximate surface area is 186 Å². The lowest BCUT2D eigenvalue weighted by molar-refractivity contribution is -0.145. The quantitative estimate of drug-likeness (QED) is 0.595. The molecule has 1 rings (SSSR count). The molecule has 8 nitrogen and oxygen atoms in total. The lowest BCUT2D eigenvalue weighted by Gasteiger charge is -2.39. The molecule has 1 fully saturated rings. The molecule has 0 radical (unpaired) electrons. The molecule has 0 aliphatic carbocycles. The Bertz CT molecular complexity index is 723.